The van der Waals surface area contributed by atoms with Gasteiger partial charge in [0, 0.05) is 12.1 Å². The van der Waals surface area contributed by atoms with Gasteiger partial charge in [-0.15, -0.1) is 0 Å². The fourth-order valence-electron chi connectivity index (χ4n) is 3.15. The minimum Gasteiger partial charge on any atom is -0.352 e. The Morgan fingerprint density at radius 2 is 1.82 bits per heavy atom. The van der Waals surface area contributed by atoms with Crippen molar-refractivity contribution < 1.29 is 19.2 Å². The smallest absolute Gasteiger partial charge is 0.334 e. The monoisotopic (exact) mass is 309 g/mol. The Kier molecular flexibility index (Phi) is 4.83. The van der Waals surface area contributed by atoms with Gasteiger partial charge in [-0.25, -0.2) is 9.69 Å². The van der Waals surface area contributed by atoms with E-state index in [9.17, 15) is 19.2 Å². The largest absolute Gasteiger partial charge is 0.352 e. The van der Waals surface area contributed by atoms with Gasteiger partial charge in [0.2, 0.25) is 5.91 Å². The highest BCUT2D eigenvalue weighted by Gasteiger charge is 2.49. The quantitative estimate of drug-likeness (QED) is 0.617. The Bertz CT molecular complexity index is 503. The Morgan fingerprint density at radius 3 is 2.41 bits per heavy atom. The second kappa shape index (κ2) is 6.46. The first-order valence-corrected chi connectivity index (χ1v) is 7.81. The first-order chi connectivity index (χ1) is 10.3. The van der Waals surface area contributed by atoms with Gasteiger partial charge in [0.25, 0.3) is 0 Å². The molecular formula is C15H23N3O4. The predicted octanol–water partition coefficient (Wildman–Crippen LogP) is 0.880. The molecule has 0 unspecified atom stereocenters. The molecule has 0 aromatic rings. The van der Waals surface area contributed by atoms with Crippen molar-refractivity contribution in [1.82, 2.24) is 15.1 Å². The maximum Gasteiger partial charge on any atom is 0.334 e. The van der Waals surface area contributed by atoms with Crippen LogP contribution in [-0.2, 0) is 14.4 Å². The first-order valence-electron chi connectivity index (χ1n) is 7.81. The summed E-state index contributed by atoms with van der Waals surface area (Å²) in [5, 5.41) is 2.61. The van der Waals surface area contributed by atoms with Crippen molar-refractivity contribution in [3.63, 3.8) is 0 Å². The van der Waals surface area contributed by atoms with E-state index in [1.54, 1.807) is 13.8 Å². The van der Waals surface area contributed by atoms with Crippen molar-refractivity contribution in [3.8, 4) is 0 Å². The fourth-order valence-corrected chi connectivity index (χ4v) is 3.15. The minimum absolute atomic E-state index is 0.0921. The molecule has 2 atom stereocenters. The Balaban J connectivity index is 2.12. The van der Waals surface area contributed by atoms with Gasteiger partial charge in [0.05, 0.1) is 0 Å². The van der Waals surface area contributed by atoms with Gasteiger partial charge in [-0.2, -0.15) is 0 Å². The van der Waals surface area contributed by atoms with Gasteiger partial charge in [-0.05, 0) is 32.6 Å². The lowest BCUT2D eigenvalue weighted by molar-refractivity contribution is -0.145. The molecule has 2 fully saturated rings. The van der Waals surface area contributed by atoms with Crippen LogP contribution < -0.4 is 5.32 Å². The molecular weight excluding hydrogens is 286 g/mol. The molecule has 0 aromatic heterocycles. The molecule has 0 aromatic carbocycles. The van der Waals surface area contributed by atoms with Crippen LogP contribution in [-0.4, -0.2) is 52.2 Å². The highest BCUT2D eigenvalue weighted by atomic mass is 16.2. The molecule has 1 N–H and O–H groups in total. The standard InChI is InChI=1S/C15H23N3O4/c1-9(2)16-12(19)8-17-13(20)14(21)18(15(17)22)11-7-5-4-6-10(11)3/h9-11H,4-8H2,1-3H3,(H,16,19)/t10-,11-/m1/s1. The maximum absolute atomic E-state index is 12.4. The number of rotatable bonds is 4. The van der Waals surface area contributed by atoms with Gasteiger partial charge in [-0.3, -0.25) is 19.3 Å². The van der Waals surface area contributed by atoms with E-state index in [-0.39, 0.29) is 18.0 Å². The van der Waals surface area contributed by atoms with Crippen LogP contribution in [0, 0.1) is 5.92 Å². The summed E-state index contributed by atoms with van der Waals surface area (Å²) in [5.41, 5.74) is 0. The topological polar surface area (TPSA) is 86.8 Å². The van der Waals surface area contributed by atoms with Gasteiger partial charge >= 0.3 is 17.8 Å². The Labute approximate surface area is 130 Å². The number of hydrogen-bond acceptors (Lipinski definition) is 4. The number of urea groups is 1. The highest BCUT2D eigenvalue weighted by molar-refractivity contribution is 6.45. The van der Waals surface area contributed by atoms with E-state index < -0.39 is 30.3 Å². The zero-order valence-corrected chi connectivity index (χ0v) is 13.3. The molecule has 1 saturated heterocycles. The van der Waals surface area contributed by atoms with Crippen LogP contribution >= 0.6 is 0 Å². The average molecular weight is 309 g/mol. The zero-order chi connectivity index (χ0) is 16.4. The molecule has 22 heavy (non-hydrogen) atoms. The second-order valence-corrected chi connectivity index (χ2v) is 6.40. The molecule has 1 saturated carbocycles. The number of nitrogens with zero attached hydrogens (tertiary/aromatic N) is 2. The molecule has 0 bridgehead atoms. The summed E-state index contributed by atoms with van der Waals surface area (Å²) in [6, 6.07) is -0.992. The van der Waals surface area contributed by atoms with Crippen LogP contribution in [0.15, 0.2) is 0 Å². The van der Waals surface area contributed by atoms with E-state index in [1.807, 2.05) is 6.92 Å². The SMILES string of the molecule is CC(C)NC(=O)CN1C(=O)C(=O)N([C@@H]2CCCC[C@H]2C)C1=O. The summed E-state index contributed by atoms with van der Waals surface area (Å²) in [6.45, 7) is 5.15. The third-order valence-electron chi connectivity index (χ3n) is 4.23. The van der Waals surface area contributed by atoms with E-state index in [4.69, 9.17) is 0 Å². The zero-order valence-electron chi connectivity index (χ0n) is 13.3. The van der Waals surface area contributed by atoms with Crippen molar-refractivity contribution >= 4 is 23.8 Å². The summed E-state index contributed by atoms with van der Waals surface area (Å²) in [5.74, 6) is -1.97. The molecule has 1 aliphatic carbocycles. The van der Waals surface area contributed by atoms with Crippen molar-refractivity contribution in [3.05, 3.63) is 0 Å². The second-order valence-electron chi connectivity index (χ2n) is 6.40. The predicted molar refractivity (Wildman–Crippen MR) is 78.7 cm³/mol. The lowest BCUT2D eigenvalue weighted by atomic mass is 9.85. The number of imide groups is 2. The van der Waals surface area contributed by atoms with E-state index >= 15 is 0 Å². The van der Waals surface area contributed by atoms with E-state index in [1.165, 1.54) is 0 Å². The summed E-state index contributed by atoms with van der Waals surface area (Å²) in [6.07, 6.45) is 3.66. The van der Waals surface area contributed by atoms with Gasteiger partial charge < -0.3 is 5.32 Å². The van der Waals surface area contributed by atoms with E-state index in [0.717, 1.165) is 35.5 Å². The summed E-state index contributed by atoms with van der Waals surface area (Å²) >= 11 is 0. The summed E-state index contributed by atoms with van der Waals surface area (Å²) < 4.78 is 0. The Morgan fingerprint density at radius 1 is 1.18 bits per heavy atom. The van der Waals surface area contributed by atoms with Crippen LogP contribution in [0.25, 0.3) is 0 Å². The number of carbonyl (C=O) groups excluding carboxylic acids is 4. The molecule has 0 radical (unpaired) electrons. The first kappa shape index (κ1) is 16.5. The molecule has 122 valence electrons. The van der Waals surface area contributed by atoms with E-state index in [2.05, 4.69) is 5.32 Å². The third-order valence-corrected chi connectivity index (χ3v) is 4.23. The fraction of sp³-hybridized carbons (Fsp3) is 0.733. The van der Waals surface area contributed by atoms with Crippen molar-refractivity contribution in [2.75, 3.05) is 6.54 Å². The van der Waals surface area contributed by atoms with Gasteiger partial charge in [0.15, 0.2) is 0 Å². The normalized spacial score (nSPS) is 26.1. The van der Waals surface area contributed by atoms with Crippen LogP contribution in [0.4, 0.5) is 4.79 Å². The lowest BCUT2D eigenvalue weighted by Gasteiger charge is -2.34. The molecule has 7 nitrogen and oxygen atoms in total. The third kappa shape index (κ3) is 3.13. The number of carbonyl (C=O) groups is 4. The molecule has 1 aliphatic heterocycles. The van der Waals surface area contributed by atoms with Crippen LogP contribution in [0.5, 0.6) is 0 Å². The van der Waals surface area contributed by atoms with Gasteiger partial charge in [-0.1, -0.05) is 19.8 Å². The summed E-state index contributed by atoms with van der Waals surface area (Å²) in [4.78, 5) is 50.2. The van der Waals surface area contributed by atoms with Gasteiger partial charge in [0.1, 0.15) is 6.54 Å². The summed E-state index contributed by atoms with van der Waals surface area (Å²) in [7, 11) is 0. The number of hydrogen-bond donors (Lipinski definition) is 1. The van der Waals surface area contributed by atoms with Crippen LogP contribution in [0.2, 0.25) is 0 Å². The van der Waals surface area contributed by atoms with E-state index in [0.29, 0.717) is 0 Å². The Hall–Kier alpha value is -1.92. The van der Waals surface area contributed by atoms with Crippen molar-refractivity contribution in [1.29, 1.82) is 0 Å². The highest BCUT2D eigenvalue weighted by Crippen LogP contribution is 2.31. The average Bonchev–Trinajstić information content (AvgIpc) is 2.63. The molecule has 1 heterocycles. The molecule has 2 aliphatic rings. The van der Waals surface area contributed by atoms with Crippen molar-refractivity contribution in [2.24, 2.45) is 5.92 Å². The minimum atomic E-state index is -0.901. The maximum atomic E-state index is 12.4. The molecule has 2 rings (SSSR count). The molecule has 0 spiro atoms. The van der Waals surface area contributed by atoms with Crippen LogP contribution in [0.3, 0.4) is 0 Å². The lowest BCUT2D eigenvalue weighted by Crippen LogP contribution is -2.47. The number of amides is 5. The number of nitrogens with one attached hydrogen (secondary N) is 1. The molecule has 5 amide bonds. The van der Waals surface area contributed by atoms with Crippen molar-refractivity contribution in [2.45, 2.75) is 58.5 Å². The molecule has 7 heteroatoms. The van der Waals surface area contributed by atoms with Crippen LogP contribution in [0.1, 0.15) is 46.5 Å².